The fourth-order valence-corrected chi connectivity index (χ4v) is 16.8. The Morgan fingerprint density at radius 3 is 2.13 bits per heavy atom. The monoisotopic (exact) mass is 707 g/mol. The molecule has 0 saturated heterocycles. The molecule has 2 aromatic rings. The van der Waals surface area contributed by atoms with Crippen LogP contribution in [0.25, 0.3) is 0 Å². The zero-order chi connectivity index (χ0) is 32.5. The zero-order valence-electron chi connectivity index (χ0n) is 30.0. The molecule has 0 heterocycles. The second-order valence-corrected chi connectivity index (χ2v) is 24.3. The first-order valence-corrected chi connectivity index (χ1v) is 23.4. The molecule has 0 aromatic heterocycles. The summed E-state index contributed by atoms with van der Waals surface area (Å²) in [5, 5.41) is 2.98. The molecule has 0 amide bonds. The maximum absolute atomic E-state index is 6.79. The second kappa shape index (κ2) is 14.5. The van der Waals surface area contributed by atoms with Crippen molar-refractivity contribution in [3.05, 3.63) is 72.3 Å². The Morgan fingerprint density at radius 2 is 1.48 bits per heavy atom. The van der Waals surface area contributed by atoms with E-state index in [4.69, 9.17) is 4.74 Å². The molecule has 46 heavy (non-hydrogen) atoms. The Balaban J connectivity index is 1.07. The Bertz CT molecular complexity index is 1320. The summed E-state index contributed by atoms with van der Waals surface area (Å²) in [6.07, 6.45) is 19.5. The van der Waals surface area contributed by atoms with Crippen molar-refractivity contribution in [2.45, 2.75) is 130 Å². The smallest absolute Gasteiger partial charge is 0.0591 e. The summed E-state index contributed by atoms with van der Waals surface area (Å²) in [6.45, 7) is 16.1. The number of rotatable bonds is 12. The van der Waals surface area contributed by atoms with Crippen LogP contribution in [0.1, 0.15) is 119 Å². The van der Waals surface area contributed by atoms with Crippen LogP contribution < -0.4 is 10.6 Å². The SMILES string of the molecule is CC(C)CCCC(C)C1CC[C@H]2[C@@H]3CC=C4C[C@@H](OCCC(C)P(=[SeH])(c5ccccc5)c5ccccc5)CC[C@]4(C)[C@H]3CC[C@]12C. The Morgan fingerprint density at radius 1 is 0.804 bits per heavy atom. The molecule has 3 saturated carbocycles. The van der Waals surface area contributed by atoms with Gasteiger partial charge in [0.1, 0.15) is 0 Å². The van der Waals surface area contributed by atoms with Gasteiger partial charge < -0.3 is 0 Å². The molecule has 0 spiro atoms. The summed E-state index contributed by atoms with van der Waals surface area (Å²) >= 11 is 3.16. The van der Waals surface area contributed by atoms with E-state index in [0.29, 0.717) is 22.6 Å². The van der Waals surface area contributed by atoms with Crippen LogP contribution in [0.4, 0.5) is 0 Å². The van der Waals surface area contributed by atoms with Crippen LogP contribution in [0, 0.1) is 46.3 Å². The number of hydrogen-bond donors (Lipinski definition) is 0. The van der Waals surface area contributed by atoms with Crippen LogP contribution in [0.3, 0.4) is 0 Å². The first-order chi connectivity index (χ1) is 22.1. The predicted molar refractivity (Wildman–Crippen MR) is 203 cm³/mol. The molecule has 4 aliphatic carbocycles. The predicted octanol–water partition coefficient (Wildman–Crippen LogP) is 10.7. The van der Waals surface area contributed by atoms with Gasteiger partial charge in [-0.25, -0.2) is 0 Å². The third-order valence-electron chi connectivity index (χ3n) is 14.1. The van der Waals surface area contributed by atoms with Crippen molar-refractivity contribution in [1.29, 1.82) is 0 Å². The Hall–Kier alpha value is -0.911. The van der Waals surface area contributed by atoms with Crippen molar-refractivity contribution in [2.75, 3.05) is 6.61 Å². The number of hydrogen-bond acceptors (Lipinski definition) is 1. The van der Waals surface area contributed by atoms with Gasteiger partial charge in [-0.1, -0.05) is 47.0 Å². The molecule has 3 fully saturated rings. The van der Waals surface area contributed by atoms with Gasteiger partial charge in [0.05, 0.1) is 0 Å². The van der Waals surface area contributed by atoms with Crippen molar-refractivity contribution in [3.63, 3.8) is 0 Å². The van der Waals surface area contributed by atoms with Crippen LogP contribution in [0.2, 0.25) is 0 Å². The molecule has 3 unspecified atom stereocenters. The fourth-order valence-electron chi connectivity index (χ4n) is 11.4. The number of allylic oxidation sites excluding steroid dienone is 1. The molecule has 6 rings (SSSR count). The van der Waals surface area contributed by atoms with Crippen molar-refractivity contribution < 1.29 is 4.74 Å². The average Bonchev–Trinajstić information content (AvgIpc) is 3.42. The molecule has 253 valence electrons. The number of ether oxygens (including phenoxy) is 1. The van der Waals surface area contributed by atoms with Crippen LogP contribution in [0.5, 0.6) is 0 Å². The molecule has 1 radical (unpaired) electrons. The van der Waals surface area contributed by atoms with E-state index in [0.717, 1.165) is 48.5 Å². The maximum atomic E-state index is 6.79. The van der Waals surface area contributed by atoms with Crippen LogP contribution in [-0.4, -0.2) is 33.5 Å². The van der Waals surface area contributed by atoms with E-state index in [-0.39, 0.29) is 0 Å². The summed E-state index contributed by atoms with van der Waals surface area (Å²) < 4.78 is 6.79. The van der Waals surface area contributed by atoms with Crippen LogP contribution in [-0.2, 0) is 4.74 Å². The molecule has 0 bridgehead atoms. The van der Waals surface area contributed by atoms with Crippen LogP contribution in [0.15, 0.2) is 72.3 Å². The van der Waals surface area contributed by atoms with Crippen molar-refractivity contribution in [2.24, 2.45) is 46.3 Å². The van der Waals surface area contributed by atoms with Gasteiger partial charge in [0, 0.05) is 0 Å². The van der Waals surface area contributed by atoms with Gasteiger partial charge in [0.2, 0.25) is 0 Å². The second-order valence-electron chi connectivity index (χ2n) is 17.0. The minimum Gasteiger partial charge on any atom is -0.0591 e. The van der Waals surface area contributed by atoms with E-state index < -0.39 is 5.51 Å². The molecule has 9 atom stereocenters. The van der Waals surface area contributed by atoms with Gasteiger partial charge in [-0.3, -0.25) is 0 Å². The topological polar surface area (TPSA) is 9.23 Å². The molecule has 2 aromatic carbocycles. The van der Waals surface area contributed by atoms with E-state index in [1.54, 1.807) is 5.57 Å². The molecular weight excluding hydrogens is 642 g/mol. The minimum absolute atomic E-state index is 0.395. The number of fused-ring (bicyclic) bond motifs is 5. The summed E-state index contributed by atoms with van der Waals surface area (Å²) in [5.74, 6) is 5.43. The molecule has 3 heteroatoms. The van der Waals surface area contributed by atoms with Gasteiger partial charge >= 0.3 is 209 Å². The van der Waals surface area contributed by atoms with Gasteiger partial charge in [0.25, 0.3) is 0 Å². The fraction of sp³-hybridized carbons (Fsp3) is 0.674. The first kappa shape index (κ1) is 34.9. The Labute approximate surface area is 290 Å². The summed E-state index contributed by atoms with van der Waals surface area (Å²) in [5.41, 5.74) is 1.73. The first-order valence-electron chi connectivity index (χ1n) is 19.1. The van der Waals surface area contributed by atoms with Gasteiger partial charge in [-0.15, -0.1) is 0 Å². The molecule has 4 aliphatic rings. The normalized spacial score (nSPS) is 33.9. The van der Waals surface area contributed by atoms with E-state index in [1.165, 1.54) is 81.2 Å². The van der Waals surface area contributed by atoms with Crippen molar-refractivity contribution in [3.8, 4) is 0 Å². The van der Waals surface area contributed by atoms with Gasteiger partial charge in [-0.2, -0.15) is 0 Å². The summed E-state index contributed by atoms with van der Waals surface area (Å²) in [7, 11) is 0. The van der Waals surface area contributed by atoms with Crippen molar-refractivity contribution >= 4 is 31.2 Å². The van der Waals surface area contributed by atoms with Crippen LogP contribution >= 0.6 is 5.51 Å². The van der Waals surface area contributed by atoms with E-state index in [9.17, 15) is 0 Å². The van der Waals surface area contributed by atoms with Gasteiger partial charge in [0.15, 0.2) is 0 Å². The third-order valence-corrected chi connectivity index (χ3v) is 23.2. The Kier molecular flexibility index (Phi) is 11.0. The standard InChI is InChI=1S/C43H64OPSe/c1-31(2)14-13-15-32(3)39-22-23-40-38-21-20-34-30-35(24-27-42(34,5)41(38)25-28-43(39,40)6)44-29-26-33(4)45(46,36-16-9-7-10-17-36)37-18-11-8-12-19-37/h7-12,16-20,31-33,35,38-41,46H,13-15,21-30H2,1-6H3/t32?,33?,35-,38-,39?,40-,41-,42-,43+/m0/s1. The molecule has 0 N–H and O–H groups in total. The number of benzene rings is 2. The summed E-state index contributed by atoms with van der Waals surface area (Å²) in [4.78, 5) is 0. The summed E-state index contributed by atoms with van der Waals surface area (Å²) in [6, 6.07) is 22.5. The van der Waals surface area contributed by atoms with Crippen molar-refractivity contribution in [1.82, 2.24) is 0 Å². The van der Waals surface area contributed by atoms with E-state index in [1.807, 2.05) is 0 Å². The quantitative estimate of drug-likeness (QED) is 0.121. The zero-order valence-corrected chi connectivity index (χ0v) is 32.7. The van der Waals surface area contributed by atoms with Gasteiger partial charge in [-0.05, 0) is 36.0 Å². The molecular formula is C43H64OPSe. The molecule has 1 nitrogen and oxygen atoms in total. The third kappa shape index (κ3) is 6.66. The van der Waals surface area contributed by atoms with E-state index >= 15 is 0 Å². The van der Waals surface area contributed by atoms with E-state index in [2.05, 4.69) is 123 Å². The molecule has 0 aliphatic heterocycles. The minimum atomic E-state index is -1.58. The average molecular weight is 707 g/mol.